The van der Waals surface area contributed by atoms with Gasteiger partial charge in [0, 0.05) is 16.9 Å². The summed E-state index contributed by atoms with van der Waals surface area (Å²) in [5.74, 6) is 0. The van der Waals surface area contributed by atoms with Gasteiger partial charge in [-0.2, -0.15) is 5.10 Å². The Morgan fingerprint density at radius 1 is 1.08 bits per heavy atom. The summed E-state index contributed by atoms with van der Waals surface area (Å²) < 4.78 is 1.79. The largest absolute Gasteiger partial charge is 0.332 e. The Balaban J connectivity index is 1.63. The molecule has 4 nitrogen and oxygen atoms in total. The Hall–Kier alpha value is -1.79. The van der Waals surface area contributed by atoms with E-state index in [2.05, 4.69) is 15.7 Å². The molecule has 0 bridgehead atoms. The van der Waals surface area contributed by atoms with Crippen LogP contribution in [0.4, 0.5) is 11.4 Å². The van der Waals surface area contributed by atoms with Gasteiger partial charge in [-0.15, -0.1) is 0 Å². The van der Waals surface area contributed by atoms with E-state index in [0.29, 0.717) is 26.7 Å². The van der Waals surface area contributed by atoms with Crippen molar-refractivity contribution in [1.29, 1.82) is 0 Å². The Kier molecular flexibility index (Phi) is 6.04. The van der Waals surface area contributed by atoms with Crippen molar-refractivity contribution in [3.05, 3.63) is 75.0 Å². The zero-order valence-electron chi connectivity index (χ0n) is 13.8. The van der Waals surface area contributed by atoms with Crippen molar-refractivity contribution in [3.8, 4) is 0 Å². The molecular formula is C18H15Cl3N4S. The number of nitrogens with zero attached hydrogens (tertiary/aromatic N) is 2. The summed E-state index contributed by atoms with van der Waals surface area (Å²) >= 11 is 23.4. The number of nitrogens with one attached hydrogen (secondary N) is 2. The molecule has 0 spiro atoms. The number of hydrogen-bond acceptors (Lipinski definition) is 2. The summed E-state index contributed by atoms with van der Waals surface area (Å²) in [6.07, 6.45) is 3.57. The van der Waals surface area contributed by atoms with E-state index < -0.39 is 0 Å². The van der Waals surface area contributed by atoms with E-state index in [1.807, 2.05) is 43.5 Å². The molecule has 0 fully saturated rings. The first kappa shape index (κ1) is 19.0. The molecule has 0 aliphatic carbocycles. The van der Waals surface area contributed by atoms with Crippen LogP contribution in [0.3, 0.4) is 0 Å². The number of halogens is 3. The van der Waals surface area contributed by atoms with Crippen LogP contribution >= 0.6 is 47.0 Å². The van der Waals surface area contributed by atoms with Crippen molar-refractivity contribution in [1.82, 2.24) is 9.78 Å². The maximum atomic E-state index is 6.05. The summed E-state index contributed by atoms with van der Waals surface area (Å²) in [5, 5.41) is 12.7. The van der Waals surface area contributed by atoms with Crippen molar-refractivity contribution < 1.29 is 0 Å². The lowest BCUT2D eigenvalue weighted by Crippen LogP contribution is -2.19. The van der Waals surface area contributed by atoms with Crippen LogP contribution in [-0.2, 0) is 6.54 Å². The molecule has 1 heterocycles. The minimum absolute atomic E-state index is 0.462. The number of anilines is 2. The highest BCUT2D eigenvalue weighted by Gasteiger charge is 2.06. The molecule has 134 valence electrons. The Bertz CT molecular complexity index is 955. The van der Waals surface area contributed by atoms with Gasteiger partial charge < -0.3 is 10.6 Å². The van der Waals surface area contributed by atoms with Crippen LogP contribution in [0.15, 0.2) is 48.8 Å². The first-order chi connectivity index (χ1) is 12.4. The van der Waals surface area contributed by atoms with Crippen molar-refractivity contribution in [2.24, 2.45) is 0 Å². The normalized spacial score (nSPS) is 10.6. The van der Waals surface area contributed by atoms with Gasteiger partial charge in [-0.05, 0) is 54.5 Å². The molecule has 8 heteroatoms. The lowest BCUT2D eigenvalue weighted by Gasteiger charge is -2.11. The molecule has 26 heavy (non-hydrogen) atoms. The second kappa shape index (κ2) is 8.27. The van der Waals surface area contributed by atoms with E-state index >= 15 is 0 Å². The fourth-order valence-electron chi connectivity index (χ4n) is 2.35. The maximum Gasteiger partial charge on any atom is 0.175 e. The van der Waals surface area contributed by atoms with E-state index in [-0.39, 0.29) is 0 Å². The number of benzene rings is 2. The Morgan fingerprint density at radius 2 is 1.88 bits per heavy atom. The molecule has 0 saturated carbocycles. The highest BCUT2D eigenvalue weighted by Crippen LogP contribution is 2.23. The molecule has 3 rings (SSSR count). The van der Waals surface area contributed by atoms with Crippen LogP contribution in [-0.4, -0.2) is 14.9 Å². The predicted octanol–water partition coefficient (Wildman–Crippen LogP) is 6.01. The molecule has 0 saturated heterocycles. The minimum Gasteiger partial charge on any atom is -0.332 e. The smallest absolute Gasteiger partial charge is 0.175 e. The van der Waals surface area contributed by atoms with E-state index in [1.165, 1.54) is 0 Å². The first-order valence-corrected chi connectivity index (χ1v) is 9.25. The number of thiocarbonyl (C=S) groups is 1. The van der Waals surface area contributed by atoms with Crippen LogP contribution in [0.25, 0.3) is 0 Å². The van der Waals surface area contributed by atoms with Gasteiger partial charge in [0.2, 0.25) is 0 Å². The summed E-state index contributed by atoms with van der Waals surface area (Å²) in [5.41, 5.74) is 3.69. The van der Waals surface area contributed by atoms with E-state index in [1.54, 1.807) is 16.9 Å². The molecule has 0 aliphatic heterocycles. The highest BCUT2D eigenvalue weighted by molar-refractivity contribution is 7.80. The van der Waals surface area contributed by atoms with Crippen molar-refractivity contribution in [2.75, 3.05) is 10.6 Å². The third-order valence-corrected chi connectivity index (χ3v) is 4.85. The second-order valence-electron chi connectivity index (χ2n) is 5.71. The maximum absolute atomic E-state index is 6.05. The summed E-state index contributed by atoms with van der Waals surface area (Å²) in [6.45, 7) is 2.56. The quantitative estimate of drug-likeness (QED) is 0.502. The summed E-state index contributed by atoms with van der Waals surface area (Å²) in [6, 6.07) is 11.1. The van der Waals surface area contributed by atoms with Crippen LogP contribution in [0.1, 0.15) is 11.1 Å². The van der Waals surface area contributed by atoms with E-state index in [4.69, 9.17) is 47.0 Å². The van der Waals surface area contributed by atoms with Gasteiger partial charge in [-0.3, -0.25) is 4.68 Å². The van der Waals surface area contributed by atoms with E-state index in [0.717, 1.165) is 22.5 Å². The molecule has 2 N–H and O–H groups in total. The average molecular weight is 426 g/mol. The molecule has 0 aliphatic rings. The first-order valence-electron chi connectivity index (χ1n) is 7.71. The molecule has 3 aromatic rings. The molecule has 0 unspecified atom stereocenters. The molecule has 2 aromatic carbocycles. The van der Waals surface area contributed by atoms with Crippen LogP contribution in [0.2, 0.25) is 15.1 Å². The van der Waals surface area contributed by atoms with Gasteiger partial charge in [0.1, 0.15) is 0 Å². The third kappa shape index (κ3) is 4.89. The zero-order chi connectivity index (χ0) is 18.7. The predicted molar refractivity (Wildman–Crippen MR) is 114 cm³/mol. The molecular weight excluding hydrogens is 411 g/mol. The Labute approximate surface area is 172 Å². The summed E-state index contributed by atoms with van der Waals surface area (Å²) in [4.78, 5) is 0. The van der Waals surface area contributed by atoms with E-state index in [9.17, 15) is 0 Å². The zero-order valence-corrected chi connectivity index (χ0v) is 16.8. The standard InChI is InChI=1S/C18H15Cl3N4S/c1-11-2-4-13(19)7-17(11)24-18(26)23-14-8-22-25(10-14)9-12-3-5-15(20)16(21)6-12/h2-8,10H,9H2,1H3,(H2,23,24,26). The SMILES string of the molecule is Cc1ccc(Cl)cc1NC(=S)Nc1cnn(Cc2ccc(Cl)c(Cl)c2)c1. The van der Waals surface area contributed by atoms with Gasteiger partial charge in [0.25, 0.3) is 0 Å². The van der Waals surface area contributed by atoms with Gasteiger partial charge >= 0.3 is 0 Å². The highest BCUT2D eigenvalue weighted by atomic mass is 35.5. The number of rotatable bonds is 4. The molecule has 0 atom stereocenters. The van der Waals surface area contributed by atoms with Gasteiger partial charge in [0.15, 0.2) is 5.11 Å². The van der Waals surface area contributed by atoms with Crippen molar-refractivity contribution in [3.63, 3.8) is 0 Å². The molecule has 0 amide bonds. The number of aryl methyl sites for hydroxylation is 1. The van der Waals surface area contributed by atoms with Crippen LogP contribution in [0.5, 0.6) is 0 Å². The van der Waals surface area contributed by atoms with Crippen LogP contribution < -0.4 is 10.6 Å². The topological polar surface area (TPSA) is 41.9 Å². The van der Waals surface area contributed by atoms with Gasteiger partial charge in [-0.25, -0.2) is 0 Å². The fourth-order valence-corrected chi connectivity index (χ4v) is 3.07. The van der Waals surface area contributed by atoms with Crippen LogP contribution in [0, 0.1) is 6.92 Å². The second-order valence-corrected chi connectivity index (χ2v) is 7.37. The minimum atomic E-state index is 0.462. The lowest BCUT2D eigenvalue weighted by molar-refractivity contribution is 0.687. The monoisotopic (exact) mass is 424 g/mol. The van der Waals surface area contributed by atoms with Crippen molar-refractivity contribution >= 4 is 63.5 Å². The number of aromatic nitrogens is 2. The lowest BCUT2D eigenvalue weighted by atomic mass is 10.2. The Morgan fingerprint density at radius 3 is 2.65 bits per heavy atom. The fraction of sp³-hybridized carbons (Fsp3) is 0.111. The van der Waals surface area contributed by atoms with Crippen molar-refractivity contribution in [2.45, 2.75) is 13.5 Å². The van der Waals surface area contributed by atoms with Gasteiger partial charge in [-0.1, -0.05) is 46.9 Å². The third-order valence-electron chi connectivity index (χ3n) is 3.67. The number of hydrogen-bond donors (Lipinski definition) is 2. The summed E-state index contributed by atoms with van der Waals surface area (Å²) in [7, 11) is 0. The van der Waals surface area contributed by atoms with Gasteiger partial charge in [0.05, 0.1) is 28.5 Å². The average Bonchev–Trinajstić information content (AvgIpc) is 3.01. The molecule has 0 radical (unpaired) electrons. The molecule has 1 aromatic heterocycles.